The largest absolute Gasteiger partial charge is 0.393 e. The van der Waals surface area contributed by atoms with Gasteiger partial charge < -0.3 is 14.9 Å². The van der Waals surface area contributed by atoms with E-state index in [4.69, 9.17) is 4.74 Å². The minimum Gasteiger partial charge on any atom is -0.393 e. The zero-order valence-corrected chi connectivity index (χ0v) is 9.48. The van der Waals surface area contributed by atoms with E-state index >= 15 is 0 Å². The topological polar surface area (TPSA) is 49.7 Å². The first kappa shape index (κ1) is 11.4. The maximum absolute atomic E-state index is 10.4. The van der Waals surface area contributed by atoms with Gasteiger partial charge in [-0.25, -0.2) is 0 Å². The zero-order chi connectivity index (χ0) is 10.9. The van der Waals surface area contributed by atoms with Crippen LogP contribution in [0.4, 0.5) is 0 Å². The molecule has 88 valence electrons. The minimum atomic E-state index is -1.03. The molecule has 3 nitrogen and oxygen atoms in total. The van der Waals surface area contributed by atoms with Gasteiger partial charge in [0, 0.05) is 18.8 Å². The third kappa shape index (κ3) is 2.19. The first-order valence-electron chi connectivity index (χ1n) is 6.24. The van der Waals surface area contributed by atoms with Crippen molar-refractivity contribution >= 4 is 0 Å². The van der Waals surface area contributed by atoms with Gasteiger partial charge in [-0.05, 0) is 19.3 Å². The third-order valence-electron chi connectivity index (χ3n) is 3.83. The normalized spacial score (nSPS) is 46.2. The molecular weight excluding hydrogens is 192 g/mol. The van der Waals surface area contributed by atoms with Crippen LogP contribution in [0.15, 0.2) is 0 Å². The molecule has 1 heterocycles. The summed E-state index contributed by atoms with van der Waals surface area (Å²) in [5, 5.41) is 20.4. The Bertz CT molecular complexity index is 219. The molecule has 0 amide bonds. The van der Waals surface area contributed by atoms with Crippen LogP contribution in [0.25, 0.3) is 0 Å². The summed E-state index contributed by atoms with van der Waals surface area (Å²) in [4.78, 5) is 0. The summed E-state index contributed by atoms with van der Waals surface area (Å²) >= 11 is 0. The number of aliphatic hydroxyl groups excluding tert-OH is 1. The van der Waals surface area contributed by atoms with E-state index in [0.717, 1.165) is 32.1 Å². The highest BCUT2D eigenvalue weighted by molar-refractivity contribution is 4.92. The first-order valence-corrected chi connectivity index (χ1v) is 6.24. The molecule has 2 N–H and O–H groups in total. The summed E-state index contributed by atoms with van der Waals surface area (Å²) < 4.78 is 5.78. The van der Waals surface area contributed by atoms with Crippen LogP contribution < -0.4 is 0 Å². The molecule has 1 saturated heterocycles. The summed E-state index contributed by atoms with van der Waals surface area (Å²) in [6.45, 7) is 2.10. The van der Waals surface area contributed by atoms with E-state index in [0.29, 0.717) is 12.8 Å². The van der Waals surface area contributed by atoms with Gasteiger partial charge in [-0.3, -0.25) is 0 Å². The molecule has 0 aromatic carbocycles. The SMILES string of the molecule is CCCC1CC(O)C2CCCCC2(O)O1. The van der Waals surface area contributed by atoms with E-state index in [1.165, 1.54) is 0 Å². The molecule has 3 heteroatoms. The molecule has 0 spiro atoms. The van der Waals surface area contributed by atoms with Gasteiger partial charge in [0.1, 0.15) is 0 Å². The van der Waals surface area contributed by atoms with E-state index in [-0.39, 0.29) is 18.1 Å². The van der Waals surface area contributed by atoms with Gasteiger partial charge >= 0.3 is 0 Å². The van der Waals surface area contributed by atoms with Crippen LogP contribution in [0.5, 0.6) is 0 Å². The Morgan fingerprint density at radius 1 is 1.40 bits per heavy atom. The van der Waals surface area contributed by atoms with Crippen molar-refractivity contribution in [3.63, 3.8) is 0 Å². The quantitative estimate of drug-likeness (QED) is 0.737. The van der Waals surface area contributed by atoms with E-state index in [1.807, 2.05) is 0 Å². The molecule has 4 atom stereocenters. The number of hydrogen-bond acceptors (Lipinski definition) is 3. The minimum absolute atomic E-state index is 0.0457. The molecule has 1 aliphatic carbocycles. The number of hydrogen-bond donors (Lipinski definition) is 2. The molecule has 1 aliphatic heterocycles. The highest BCUT2D eigenvalue weighted by atomic mass is 16.6. The molecule has 15 heavy (non-hydrogen) atoms. The van der Waals surface area contributed by atoms with Crippen molar-refractivity contribution in [3.8, 4) is 0 Å². The van der Waals surface area contributed by atoms with Gasteiger partial charge in [0.25, 0.3) is 0 Å². The van der Waals surface area contributed by atoms with Crippen molar-refractivity contribution in [3.05, 3.63) is 0 Å². The summed E-state index contributed by atoms with van der Waals surface area (Å²) in [6, 6.07) is 0. The van der Waals surface area contributed by atoms with Crippen LogP contribution in [0.3, 0.4) is 0 Å². The van der Waals surface area contributed by atoms with Gasteiger partial charge in [0.2, 0.25) is 0 Å². The van der Waals surface area contributed by atoms with Crippen molar-refractivity contribution in [2.24, 2.45) is 5.92 Å². The number of ether oxygens (including phenoxy) is 1. The lowest BCUT2D eigenvalue weighted by atomic mass is 9.76. The average Bonchev–Trinajstić information content (AvgIpc) is 2.17. The smallest absolute Gasteiger partial charge is 0.171 e. The number of aliphatic hydroxyl groups is 2. The standard InChI is InChI=1S/C12H22O3/c1-2-5-9-8-11(13)10-6-3-4-7-12(10,14)15-9/h9-11,13-14H,2-8H2,1H3. The maximum Gasteiger partial charge on any atom is 0.171 e. The van der Waals surface area contributed by atoms with E-state index in [1.54, 1.807) is 0 Å². The Labute approximate surface area is 91.4 Å². The monoisotopic (exact) mass is 214 g/mol. The number of rotatable bonds is 2. The van der Waals surface area contributed by atoms with Crippen molar-refractivity contribution in [1.82, 2.24) is 0 Å². The van der Waals surface area contributed by atoms with Gasteiger partial charge in [-0.15, -0.1) is 0 Å². The summed E-state index contributed by atoms with van der Waals surface area (Å²) in [5.41, 5.74) is 0. The number of fused-ring (bicyclic) bond motifs is 1. The fourth-order valence-electron chi connectivity index (χ4n) is 3.06. The highest BCUT2D eigenvalue weighted by Gasteiger charge is 2.49. The van der Waals surface area contributed by atoms with Gasteiger partial charge in [-0.2, -0.15) is 0 Å². The van der Waals surface area contributed by atoms with Gasteiger partial charge in [-0.1, -0.05) is 19.8 Å². The van der Waals surface area contributed by atoms with E-state index in [9.17, 15) is 10.2 Å². The van der Waals surface area contributed by atoms with Crippen LogP contribution >= 0.6 is 0 Å². The fourth-order valence-corrected chi connectivity index (χ4v) is 3.06. The lowest BCUT2D eigenvalue weighted by molar-refractivity contribution is -0.317. The molecule has 2 rings (SSSR count). The van der Waals surface area contributed by atoms with E-state index in [2.05, 4.69) is 6.92 Å². The molecule has 1 saturated carbocycles. The zero-order valence-electron chi connectivity index (χ0n) is 9.48. The first-order chi connectivity index (χ1) is 7.15. The van der Waals surface area contributed by atoms with Crippen molar-refractivity contribution in [1.29, 1.82) is 0 Å². The van der Waals surface area contributed by atoms with Crippen LogP contribution in [0.2, 0.25) is 0 Å². The molecule has 2 fully saturated rings. The summed E-state index contributed by atoms with van der Waals surface area (Å²) in [5.74, 6) is -1.09. The van der Waals surface area contributed by atoms with Crippen LogP contribution in [0.1, 0.15) is 51.9 Å². The molecular formula is C12H22O3. The second kappa shape index (κ2) is 4.40. The Balaban J connectivity index is 2.06. The highest BCUT2D eigenvalue weighted by Crippen LogP contribution is 2.43. The van der Waals surface area contributed by atoms with Gasteiger partial charge in [0.05, 0.1) is 12.2 Å². The van der Waals surface area contributed by atoms with Crippen molar-refractivity contribution in [2.75, 3.05) is 0 Å². The summed E-state index contributed by atoms with van der Waals surface area (Å²) in [6.07, 6.45) is 6.05. The molecule has 2 aliphatic rings. The molecule has 0 aromatic heterocycles. The molecule has 0 bridgehead atoms. The Morgan fingerprint density at radius 2 is 2.20 bits per heavy atom. The third-order valence-corrected chi connectivity index (χ3v) is 3.83. The second-order valence-electron chi connectivity index (χ2n) is 5.03. The molecule has 4 unspecified atom stereocenters. The predicted octanol–water partition coefficient (Wildman–Crippen LogP) is 1.82. The lowest BCUT2D eigenvalue weighted by Crippen LogP contribution is -2.55. The van der Waals surface area contributed by atoms with Crippen LogP contribution in [-0.4, -0.2) is 28.2 Å². The lowest BCUT2D eigenvalue weighted by Gasteiger charge is -2.48. The maximum atomic E-state index is 10.4. The summed E-state index contributed by atoms with van der Waals surface area (Å²) in [7, 11) is 0. The molecule has 0 aromatic rings. The average molecular weight is 214 g/mol. The van der Waals surface area contributed by atoms with Crippen LogP contribution in [-0.2, 0) is 4.74 Å². The fraction of sp³-hybridized carbons (Fsp3) is 1.00. The second-order valence-corrected chi connectivity index (χ2v) is 5.03. The Morgan fingerprint density at radius 3 is 2.93 bits per heavy atom. The Hall–Kier alpha value is -0.120. The Kier molecular flexibility index (Phi) is 3.33. The molecule has 0 radical (unpaired) electrons. The predicted molar refractivity (Wildman–Crippen MR) is 57.3 cm³/mol. The van der Waals surface area contributed by atoms with Gasteiger partial charge in [0.15, 0.2) is 5.79 Å². The van der Waals surface area contributed by atoms with Crippen molar-refractivity contribution < 1.29 is 14.9 Å². The van der Waals surface area contributed by atoms with E-state index < -0.39 is 5.79 Å². The van der Waals surface area contributed by atoms with Crippen molar-refractivity contribution in [2.45, 2.75) is 69.9 Å². The van der Waals surface area contributed by atoms with Crippen LogP contribution in [0, 0.1) is 5.92 Å².